The van der Waals surface area contributed by atoms with Crippen molar-refractivity contribution in [2.75, 3.05) is 5.32 Å². The van der Waals surface area contributed by atoms with Gasteiger partial charge in [-0.3, -0.25) is 18.7 Å². The maximum atomic E-state index is 13.8. The summed E-state index contributed by atoms with van der Waals surface area (Å²) in [7, 11) is 11.4. The van der Waals surface area contributed by atoms with Gasteiger partial charge in [0.05, 0.1) is 16.8 Å². The second-order valence-corrected chi connectivity index (χ2v) is 33.4. The van der Waals surface area contributed by atoms with Crippen molar-refractivity contribution < 1.29 is 61.2 Å². The molecule has 0 atom stereocenters. The maximum absolute atomic E-state index is 13.8. The van der Waals surface area contributed by atoms with E-state index in [9.17, 15) is 36.7 Å². The van der Waals surface area contributed by atoms with Crippen LogP contribution < -0.4 is 54.1 Å². The van der Waals surface area contributed by atoms with Crippen molar-refractivity contribution in [3.63, 3.8) is 0 Å². The fourth-order valence-electron chi connectivity index (χ4n) is 11.6. The first-order valence-electron chi connectivity index (χ1n) is 33.9. The van der Waals surface area contributed by atoms with Gasteiger partial charge in [-0.1, -0.05) is 218 Å². The van der Waals surface area contributed by atoms with Crippen LogP contribution in [0.2, 0.25) is 0 Å². The van der Waals surface area contributed by atoms with Gasteiger partial charge in [0, 0.05) is 54.7 Å². The molecule has 0 radical (unpaired) electrons. The number of oxazole rings is 2. The number of pyridine rings is 2. The van der Waals surface area contributed by atoms with E-state index in [0.29, 0.717) is 33.7 Å². The fourth-order valence-corrected chi connectivity index (χ4v) is 16.5. The molecule has 15 rings (SSSR count). The fraction of sp³-hybridized carbons (Fsp3) is 0.129. The van der Waals surface area contributed by atoms with Gasteiger partial charge in [-0.05, 0) is 175 Å². The number of nitrogens with zero attached hydrogens (tertiary/aromatic N) is 4. The van der Waals surface area contributed by atoms with E-state index in [1.54, 1.807) is 75.0 Å². The minimum atomic E-state index is -0.905. The van der Waals surface area contributed by atoms with E-state index in [1.165, 1.54) is 53.1 Å². The summed E-state index contributed by atoms with van der Waals surface area (Å²) in [5.41, 5.74) is 5.02. The number of benzene rings is 10. The molecule has 14 aromatic rings. The standard InChI is InChI=1S/C22H16F2N2O3.C20H22BF2NO3.2C18H15P.C7H5BrN2O2.2ClH.Pd/c1-12-8-13(9-18(27)20-16(23)4-3-5-17(20)24)6-7-15(12)14-10-19-21(25-11-14)26(2)22(28)29-19;1-12-11-13(24-18(25)17-15(22)7-6-8-16(17)23)9-10-14(12)21-26-19(2,3)20(4,5)27-21;2*1-4-10-16(11-5-1)19(17-12-6-2-7-13-17)18-14-8-3-9-15-18;1-10-6-5(12-7(10)11)2-4(8)3-9-6;;;/h3-8,10-11H,9H2,1-2H3;6-11H,1-5H3,(H,24,25);2*1-15H;2-3H,1H3;2*1H;/q;;;;;;;+2/p-2. The van der Waals surface area contributed by atoms with Gasteiger partial charge in [0.1, 0.15) is 28.8 Å². The molecule has 0 saturated carbocycles. The molecule has 1 N–H and O–H groups in total. The number of anilines is 1. The number of fused-ring (bicyclic) bond motifs is 2. The van der Waals surface area contributed by atoms with Crippen LogP contribution in [0.3, 0.4) is 0 Å². The van der Waals surface area contributed by atoms with E-state index < -0.39 is 91.8 Å². The predicted molar refractivity (Wildman–Crippen MR) is 434 cm³/mol. The van der Waals surface area contributed by atoms with Crippen LogP contribution in [0.1, 0.15) is 65.1 Å². The Balaban J connectivity index is 0.000000147. The van der Waals surface area contributed by atoms with Crippen LogP contribution in [0.15, 0.2) is 302 Å². The second-order valence-electron chi connectivity index (χ2n) is 25.7. The smallest absolute Gasteiger partial charge is 0.0134 e. The summed E-state index contributed by atoms with van der Waals surface area (Å²) < 4.78 is 80.8. The zero-order chi connectivity index (χ0) is 77.9. The number of aryl methyl sites for hydroxylation is 4. The Bertz CT molecular complexity index is 5190. The van der Waals surface area contributed by atoms with Crippen LogP contribution in [-0.4, -0.2) is 49.1 Å². The Morgan fingerprint density at radius 3 is 1.26 bits per heavy atom. The molecule has 109 heavy (non-hydrogen) atoms. The third-order valence-electron chi connectivity index (χ3n) is 17.7. The number of halogens is 7. The summed E-state index contributed by atoms with van der Waals surface area (Å²) in [6, 6.07) is 85.2. The van der Waals surface area contributed by atoms with Crippen LogP contribution in [0.4, 0.5) is 23.2 Å². The molecule has 24 heteroatoms. The molecule has 10 aromatic carbocycles. The average molecular weight is 1700 g/mol. The van der Waals surface area contributed by atoms with Crippen LogP contribution in [-0.2, 0) is 45.8 Å². The SMILES string of the molecule is Cc1cc(CC(=O)c2c(F)cccc2F)ccc1-c1cnc2c(c1)oc(=O)n2C.Cc1cc(NC(=O)c2c(F)cccc2F)ccc1B1OC(C)(C)C(C)(C)O1.Cn1c(=O)oc2cc(Br)cnc21.[Cl][Pd][Cl].c1ccc(P(c2ccccc2)c2ccccc2)cc1.c1ccc(P(c2ccccc2)c2ccccc2)cc1. The van der Waals surface area contributed by atoms with Gasteiger partial charge >= 0.3 is 53.6 Å². The van der Waals surface area contributed by atoms with Gasteiger partial charge in [-0.2, -0.15) is 0 Å². The van der Waals surface area contributed by atoms with Crippen LogP contribution in [0.25, 0.3) is 33.6 Å². The molecule has 1 saturated heterocycles. The van der Waals surface area contributed by atoms with Crippen molar-refractivity contribution in [1.82, 2.24) is 19.1 Å². The normalized spacial score (nSPS) is 12.5. The number of amides is 1. The van der Waals surface area contributed by atoms with Crippen LogP contribution in [0.5, 0.6) is 0 Å². The van der Waals surface area contributed by atoms with Crippen molar-refractivity contribution in [3.8, 4) is 11.1 Å². The number of rotatable bonds is 13. The molecule has 1 aliphatic rings. The number of aromatic nitrogens is 4. The monoisotopic (exact) mass is 1700 g/mol. The number of ketones is 1. The van der Waals surface area contributed by atoms with Crippen molar-refractivity contribution in [1.29, 1.82) is 0 Å². The Morgan fingerprint density at radius 1 is 0.495 bits per heavy atom. The first kappa shape index (κ1) is 82.0. The van der Waals surface area contributed by atoms with E-state index in [4.69, 9.17) is 37.2 Å². The third-order valence-corrected chi connectivity index (χ3v) is 23.1. The van der Waals surface area contributed by atoms with E-state index in [1.807, 2.05) is 41.5 Å². The first-order chi connectivity index (χ1) is 52.4. The minimum absolute atomic E-state index is 0.106. The van der Waals surface area contributed by atoms with Crippen molar-refractivity contribution >= 4 is 135 Å². The van der Waals surface area contributed by atoms with Crippen molar-refractivity contribution in [2.45, 2.75) is 59.2 Å². The molecule has 1 aliphatic heterocycles. The molecule has 0 spiro atoms. The van der Waals surface area contributed by atoms with Crippen molar-refractivity contribution in [2.24, 2.45) is 14.1 Å². The molecule has 13 nitrogen and oxygen atoms in total. The van der Waals surface area contributed by atoms with E-state index in [0.717, 1.165) is 56.5 Å². The largest absolute Gasteiger partial charge is 0.0622 e. The zero-order valence-corrected chi connectivity index (χ0v) is 66.7. The van der Waals surface area contributed by atoms with Gasteiger partial charge in [0.15, 0.2) is 28.2 Å². The maximum Gasteiger partial charge on any atom is -0.0134 e. The quantitative estimate of drug-likeness (QED) is 0.0509. The Labute approximate surface area is 656 Å². The summed E-state index contributed by atoms with van der Waals surface area (Å²) in [6.07, 6.45) is 3.14. The molecular formula is C85H73BBrCl2F4N5O8P2Pd. The third kappa shape index (κ3) is 20.9. The molecule has 5 heterocycles. The van der Waals surface area contributed by atoms with Gasteiger partial charge in [0.2, 0.25) is 0 Å². The molecule has 0 bridgehead atoms. The van der Waals surface area contributed by atoms with Crippen LogP contribution in [0, 0.1) is 37.1 Å². The summed E-state index contributed by atoms with van der Waals surface area (Å²) in [5.74, 6) is -5.89. The molecule has 558 valence electrons. The minimum Gasteiger partial charge on any atom is -0.0622 e. The van der Waals surface area contributed by atoms with Gasteiger partial charge < -0.3 is 23.5 Å². The summed E-state index contributed by atoms with van der Waals surface area (Å²) in [6.45, 7) is 11.6. The van der Waals surface area contributed by atoms with Gasteiger partial charge in [0.25, 0.3) is 5.91 Å². The number of hydrogen-bond acceptors (Lipinski definition) is 10. The molecule has 1 amide bonds. The zero-order valence-electron chi connectivity index (χ0n) is 60.3. The number of hydrogen-bond donors (Lipinski definition) is 1. The summed E-state index contributed by atoms with van der Waals surface area (Å²) in [5, 5.41) is 10.9. The van der Waals surface area contributed by atoms with Crippen LogP contribution >= 0.6 is 50.8 Å². The Morgan fingerprint density at radius 2 is 0.872 bits per heavy atom. The molecule has 1 fully saturated rings. The Kier molecular flexibility index (Phi) is 28.7. The molecule has 4 aromatic heterocycles. The van der Waals surface area contributed by atoms with Gasteiger partial charge in [-0.25, -0.2) is 37.1 Å². The van der Waals surface area contributed by atoms with E-state index >= 15 is 0 Å². The van der Waals surface area contributed by atoms with E-state index in [2.05, 4.69) is 213 Å². The summed E-state index contributed by atoms with van der Waals surface area (Å²) in [4.78, 5) is 55.5. The van der Waals surface area contributed by atoms with Gasteiger partial charge in [-0.15, -0.1) is 0 Å². The number of carbonyl (C=O) groups excluding carboxylic acids is 2. The molecular weight excluding hydrogens is 1620 g/mol. The second kappa shape index (κ2) is 38.2. The van der Waals surface area contributed by atoms with E-state index in [-0.39, 0.29) is 22.4 Å². The molecule has 0 aliphatic carbocycles. The molecule has 0 unspecified atom stereocenters. The number of Topliss-reactive ketones (excluding diaryl/α,β-unsaturated/α-hetero) is 1. The number of nitrogens with one attached hydrogen (secondary N) is 1. The topological polar surface area (TPSA) is 161 Å². The average Bonchev–Trinajstić information content (AvgIpc) is 1.63. The first-order valence-corrected chi connectivity index (χ1v) is 41.4. The summed E-state index contributed by atoms with van der Waals surface area (Å²) >= 11 is 3.13. The number of carbonyl (C=O) groups is 2. The Hall–Kier alpha value is -9.53. The van der Waals surface area contributed by atoms with Crippen molar-refractivity contribution in [3.05, 3.63) is 356 Å². The predicted octanol–water partition coefficient (Wildman–Crippen LogP) is 17.6.